The zero-order valence-electron chi connectivity index (χ0n) is 27.2. The average molecular weight is 640 g/mol. The van der Waals surface area contributed by atoms with E-state index in [0.29, 0.717) is 32.4 Å². The number of likely N-dealkylation sites (tertiary alicyclic amines) is 1. The Morgan fingerprint density at radius 1 is 0.915 bits per heavy atom. The maximum Gasteiger partial charge on any atom is 0.315 e. The van der Waals surface area contributed by atoms with E-state index in [2.05, 4.69) is 48.3 Å². The largest absolute Gasteiger partial charge is 0.346 e. The lowest BCUT2D eigenvalue weighted by molar-refractivity contribution is -0.144. The summed E-state index contributed by atoms with van der Waals surface area (Å²) in [7, 11) is 0. The van der Waals surface area contributed by atoms with Crippen molar-refractivity contribution in [2.75, 3.05) is 13.1 Å². The number of piperidine rings is 1. The van der Waals surface area contributed by atoms with Gasteiger partial charge in [0.2, 0.25) is 17.6 Å². The number of Topliss-reactive ketones (excluding diaryl/α,β-unsaturated/α-hetero) is 1. The number of nitrogens with zero attached hydrogens (tertiary/aromatic N) is 1. The van der Waals surface area contributed by atoms with Crippen molar-refractivity contribution >= 4 is 29.5 Å². The number of carbonyl (C=O) groups is 5. The second-order valence-electron chi connectivity index (χ2n) is 13.4. The Kier molecular flexibility index (Phi) is 10.3. The lowest BCUT2D eigenvalue weighted by Gasteiger charge is -2.35. The molecule has 4 N–H and O–H groups in total. The van der Waals surface area contributed by atoms with E-state index in [1.807, 2.05) is 54.6 Å². The Hall–Kier alpha value is -4.73. The number of amides is 5. The third-order valence-electron chi connectivity index (χ3n) is 10.1. The molecule has 10 heteroatoms. The quantitative estimate of drug-likeness (QED) is 0.186. The van der Waals surface area contributed by atoms with E-state index in [1.165, 1.54) is 6.08 Å². The number of hydrogen-bond acceptors (Lipinski definition) is 5. The summed E-state index contributed by atoms with van der Waals surface area (Å²) >= 11 is 0. The van der Waals surface area contributed by atoms with Gasteiger partial charge >= 0.3 is 6.03 Å². The molecule has 248 valence electrons. The number of allylic oxidation sites excluding steroid dienone is 1. The van der Waals surface area contributed by atoms with Crippen LogP contribution in [0.1, 0.15) is 43.4 Å². The predicted octanol–water partition coefficient (Wildman–Crippen LogP) is 3.07. The van der Waals surface area contributed by atoms with Crippen LogP contribution in [0.3, 0.4) is 0 Å². The molecule has 2 aromatic carbocycles. The first-order valence-electron chi connectivity index (χ1n) is 16.4. The van der Waals surface area contributed by atoms with Crippen molar-refractivity contribution in [3.05, 3.63) is 96.6 Å². The third-order valence-corrected chi connectivity index (χ3v) is 10.1. The summed E-state index contributed by atoms with van der Waals surface area (Å²) in [4.78, 5) is 69.1. The molecule has 1 heterocycles. The normalized spacial score (nSPS) is 21.7. The van der Waals surface area contributed by atoms with Crippen LogP contribution in [0.5, 0.6) is 0 Å². The fourth-order valence-electron chi connectivity index (χ4n) is 7.39. The molecule has 1 saturated carbocycles. The molecular formula is C37H45N5O5. The first kappa shape index (κ1) is 33.6. The van der Waals surface area contributed by atoms with Gasteiger partial charge in [0.25, 0.3) is 5.91 Å². The van der Waals surface area contributed by atoms with Gasteiger partial charge < -0.3 is 26.2 Å². The zero-order valence-corrected chi connectivity index (χ0v) is 27.2. The van der Waals surface area contributed by atoms with Crippen molar-refractivity contribution in [1.29, 1.82) is 0 Å². The highest BCUT2D eigenvalue weighted by atomic mass is 16.2. The Morgan fingerprint density at radius 2 is 1.57 bits per heavy atom. The topological polar surface area (TPSA) is 137 Å². The van der Waals surface area contributed by atoms with Gasteiger partial charge in [-0.3, -0.25) is 19.2 Å². The summed E-state index contributed by atoms with van der Waals surface area (Å²) < 4.78 is 0. The van der Waals surface area contributed by atoms with E-state index in [-0.39, 0.29) is 42.0 Å². The van der Waals surface area contributed by atoms with Crippen LogP contribution in [-0.2, 0) is 38.6 Å². The molecule has 0 radical (unpaired) electrons. The van der Waals surface area contributed by atoms with Gasteiger partial charge in [-0.2, -0.15) is 0 Å². The third kappa shape index (κ3) is 7.32. The second-order valence-corrected chi connectivity index (χ2v) is 13.4. The molecule has 1 saturated heterocycles. The van der Waals surface area contributed by atoms with Crippen LogP contribution in [0.2, 0.25) is 0 Å². The van der Waals surface area contributed by atoms with Crippen LogP contribution in [0, 0.1) is 23.2 Å². The van der Waals surface area contributed by atoms with Crippen molar-refractivity contribution in [2.45, 2.75) is 64.2 Å². The summed E-state index contributed by atoms with van der Waals surface area (Å²) in [6.07, 6.45) is 4.93. The predicted molar refractivity (Wildman–Crippen MR) is 179 cm³/mol. The van der Waals surface area contributed by atoms with Gasteiger partial charge in [-0.05, 0) is 65.5 Å². The van der Waals surface area contributed by atoms with Crippen molar-refractivity contribution in [3.8, 4) is 0 Å². The van der Waals surface area contributed by atoms with Crippen LogP contribution >= 0.6 is 0 Å². The smallest absolute Gasteiger partial charge is 0.315 e. The van der Waals surface area contributed by atoms with E-state index in [4.69, 9.17) is 0 Å². The minimum Gasteiger partial charge on any atom is -0.346 e. The Bertz CT molecular complexity index is 1510. The van der Waals surface area contributed by atoms with E-state index < -0.39 is 41.8 Å². The SMILES string of the molecule is C=CCCC(NC(=O)C1C2C(CN1C(=O)C(NC(=O)NCc1ccccc1)C1Cc3ccccc3C1)C2(C)C)C(=O)C(=O)NCC=C. The Labute approximate surface area is 276 Å². The minimum absolute atomic E-state index is 0.0914. The zero-order chi connectivity index (χ0) is 33.7. The molecule has 2 fully saturated rings. The van der Waals surface area contributed by atoms with Crippen LogP contribution in [0.25, 0.3) is 0 Å². The standard InChI is InChI=1S/C37H45N5O5/c1-5-7-17-28(32(43)34(45)38-18-6-2)40-33(44)31-29-27(37(29,3)4)22-42(31)35(46)30(26-19-24-15-11-12-16-25(24)20-26)41-36(47)39-21-23-13-9-8-10-14-23/h5-6,8-16,26-31H,1-2,7,17-22H2,3-4H3,(H,38,45)(H,40,44)(H2,39,41,47). The highest BCUT2D eigenvalue weighted by molar-refractivity contribution is 6.38. The number of urea groups is 1. The van der Waals surface area contributed by atoms with Gasteiger partial charge in [-0.25, -0.2) is 4.79 Å². The van der Waals surface area contributed by atoms with Crippen molar-refractivity contribution in [1.82, 2.24) is 26.2 Å². The number of hydrogen-bond donors (Lipinski definition) is 4. The number of nitrogens with one attached hydrogen (secondary N) is 4. The van der Waals surface area contributed by atoms with Crippen LogP contribution in [0.15, 0.2) is 79.9 Å². The number of benzene rings is 2. The molecule has 0 bridgehead atoms. The second kappa shape index (κ2) is 14.4. The monoisotopic (exact) mass is 639 g/mol. The van der Waals surface area contributed by atoms with Gasteiger partial charge in [-0.1, -0.05) is 80.6 Å². The minimum atomic E-state index is -1.08. The fourth-order valence-corrected chi connectivity index (χ4v) is 7.39. The lowest BCUT2D eigenvalue weighted by atomic mass is 9.93. The molecule has 10 nitrogen and oxygen atoms in total. The highest BCUT2D eigenvalue weighted by Gasteiger charge is 2.69. The summed E-state index contributed by atoms with van der Waals surface area (Å²) in [6, 6.07) is 14.3. The molecule has 0 spiro atoms. The molecule has 0 aromatic heterocycles. The number of rotatable bonds is 14. The van der Waals surface area contributed by atoms with Gasteiger partial charge in [-0.15, -0.1) is 13.2 Å². The summed E-state index contributed by atoms with van der Waals surface area (Å²) in [5.41, 5.74) is 3.02. The van der Waals surface area contributed by atoms with Gasteiger partial charge in [0, 0.05) is 19.6 Å². The molecule has 5 unspecified atom stereocenters. The summed E-state index contributed by atoms with van der Waals surface area (Å²) in [6.45, 7) is 12.2. The molecule has 2 aromatic rings. The van der Waals surface area contributed by atoms with Crippen LogP contribution < -0.4 is 21.3 Å². The lowest BCUT2D eigenvalue weighted by Crippen LogP contribution is -2.60. The molecule has 1 aliphatic heterocycles. The highest BCUT2D eigenvalue weighted by Crippen LogP contribution is 2.65. The van der Waals surface area contributed by atoms with Crippen molar-refractivity contribution < 1.29 is 24.0 Å². The maximum atomic E-state index is 14.6. The molecule has 5 rings (SSSR count). The first-order chi connectivity index (χ1) is 22.6. The van der Waals surface area contributed by atoms with Gasteiger partial charge in [0.05, 0.1) is 6.04 Å². The van der Waals surface area contributed by atoms with Crippen molar-refractivity contribution in [2.24, 2.45) is 23.2 Å². The first-order valence-corrected chi connectivity index (χ1v) is 16.4. The molecule has 5 atom stereocenters. The number of ketones is 1. The van der Waals surface area contributed by atoms with E-state index >= 15 is 0 Å². The van der Waals surface area contributed by atoms with E-state index in [9.17, 15) is 24.0 Å². The van der Waals surface area contributed by atoms with Crippen LogP contribution in [0.4, 0.5) is 4.79 Å². The maximum absolute atomic E-state index is 14.6. The number of fused-ring (bicyclic) bond motifs is 2. The van der Waals surface area contributed by atoms with Crippen molar-refractivity contribution in [3.63, 3.8) is 0 Å². The molecule has 3 aliphatic rings. The number of carbonyl (C=O) groups excluding carboxylic acids is 5. The van der Waals surface area contributed by atoms with E-state index in [0.717, 1.165) is 16.7 Å². The Balaban J connectivity index is 1.37. The molecule has 2 aliphatic carbocycles. The fraction of sp³-hybridized carbons (Fsp3) is 0.432. The van der Waals surface area contributed by atoms with Gasteiger partial charge in [0.15, 0.2) is 0 Å². The average Bonchev–Trinajstić information content (AvgIpc) is 3.43. The van der Waals surface area contributed by atoms with Gasteiger partial charge in [0.1, 0.15) is 12.1 Å². The molecular weight excluding hydrogens is 594 g/mol. The Morgan fingerprint density at radius 3 is 2.21 bits per heavy atom. The summed E-state index contributed by atoms with van der Waals surface area (Å²) in [5.74, 6) is -2.60. The van der Waals surface area contributed by atoms with Crippen LogP contribution in [-0.4, -0.2) is 65.7 Å². The molecule has 47 heavy (non-hydrogen) atoms. The van der Waals surface area contributed by atoms with E-state index in [1.54, 1.807) is 11.0 Å². The molecule has 5 amide bonds. The summed E-state index contributed by atoms with van der Waals surface area (Å²) in [5, 5.41) is 11.2.